The molecule has 1 aliphatic heterocycles. The molecular formula is C18H34O5. The third kappa shape index (κ3) is 6.89. The molecular weight excluding hydrogens is 296 g/mol. The summed E-state index contributed by atoms with van der Waals surface area (Å²) in [6, 6.07) is 0. The van der Waals surface area contributed by atoms with Gasteiger partial charge in [0.05, 0.1) is 6.10 Å². The molecule has 3 unspecified atom stereocenters. The molecule has 5 heteroatoms. The Balaban J connectivity index is 2.14. The number of aliphatic hydroxyl groups is 2. The lowest BCUT2D eigenvalue weighted by atomic mass is 10.0. The van der Waals surface area contributed by atoms with Gasteiger partial charge in [0.15, 0.2) is 6.29 Å². The first-order valence-corrected chi connectivity index (χ1v) is 8.83. The van der Waals surface area contributed by atoms with Crippen molar-refractivity contribution in [3.05, 3.63) is 12.7 Å². The van der Waals surface area contributed by atoms with Crippen molar-refractivity contribution >= 4 is 0 Å². The highest BCUT2D eigenvalue weighted by atomic mass is 16.7. The Hall–Kier alpha value is -0.460. The van der Waals surface area contributed by atoms with Gasteiger partial charge in [0.1, 0.15) is 18.3 Å². The minimum Gasteiger partial charge on any atom is -0.388 e. The van der Waals surface area contributed by atoms with Gasteiger partial charge in [0, 0.05) is 14.2 Å². The molecule has 4 atom stereocenters. The van der Waals surface area contributed by atoms with Crippen molar-refractivity contribution in [2.24, 2.45) is 0 Å². The minimum absolute atomic E-state index is 0.338. The van der Waals surface area contributed by atoms with Crippen LogP contribution in [0.4, 0.5) is 0 Å². The molecule has 0 amide bonds. The summed E-state index contributed by atoms with van der Waals surface area (Å²) in [5.74, 6) is 0. The van der Waals surface area contributed by atoms with E-state index in [0.717, 1.165) is 25.7 Å². The zero-order valence-corrected chi connectivity index (χ0v) is 14.7. The molecule has 1 heterocycles. The summed E-state index contributed by atoms with van der Waals surface area (Å²) in [4.78, 5) is 0. The topological polar surface area (TPSA) is 68.2 Å². The zero-order valence-electron chi connectivity index (χ0n) is 14.7. The van der Waals surface area contributed by atoms with Gasteiger partial charge in [0.25, 0.3) is 0 Å². The van der Waals surface area contributed by atoms with E-state index in [4.69, 9.17) is 14.2 Å². The van der Waals surface area contributed by atoms with Crippen molar-refractivity contribution < 1.29 is 24.4 Å². The molecule has 0 aromatic heterocycles. The Morgan fingerprint density at radius 1 is 0.957 bits per heavy atom. The van der Waals surface area contributed by atoms with E-state index in [2.05, 4.69) is 6.58 Å². The molecule has 136 valence electrons. The quantitative estimate of drug-likeness (QED) is 0.309. The lowest BCUT2D eigenvalue weighted by Gasteiger charge is -2.22. The Morgan fingerprint density at radius 2 is 1.52 bits per heavy atom. The molecule has 0 radical (unpaired) electrons. The fourth-order valence-corrected chi connectivity index (χ4v) is 3.12. The average molecular weight is 330 g/mol. The summed E-state index contributed by atoms with van der Waals surface area (Å²) in [5.41, 5.74) is 0. The van der Waals surface area contributed by atoms with Crippen molar-refractivity contribution in [2.45, 2.75) is 88.5 Å². The smallest absolute Gasteiger partial charge is 0.185 e. The van der Waals surface area contributed by atoms with Crippen molar-refractivity contribution in [3.8, 4) is 0 Å². The SMILES string of the molecule is C=CCCCCCCCCCC1OC(C(OC)OC)C(O)[C@@H]1O. The van der Waals surface area contributed by atoms with Gasteiger partial charge in [-0.1, -0.05) is 44.6 Å². The molecule has 0 bridgehead atoms. The molecule has 5 nitrogen and oxygen atoms in total. The highest BCUT2D eigenvalue weighted by molar-refractivity contribution is 4.92. The second-order valence-electron chi connectivity index (χ2n) is 6.30. The van der Waals surface area contributed by atoms with Crippen LogP contribution >= 0.6 is 0 Å². The van der Waals surface area contributed by atoms with E-state index >= 15 is 0 Å². The van der Waals surface area contributed by atoms with Gasteiger partial charge in [-0.15, -0.1) is 6.58 Å². The van der Waals surface area contributed by atoms with Gasteiger partial charge in [-0.05, 0) is 19.3 Å². The van der Waals surface area contributed by atoms with Crippen LogP contribution < -0.4 is 0 Å². The number of ether oxygens (including phenoxy) is 3. The Kier molecular flexibility index (Phi) is 10.7. The molecule has 1 fully saturated rings. The van der Waals surface area contributed by atoms with Gasteiger partial charge in [-0.2, -0.15) is 0 Å². The van der Waals surface area contributed by atoms with E-state index in [1.54, 1.807) is 0 Å². The molecule has 0 aromatic rings. The lowest BCUT2D eigenvalue weighted by Crippen LogP contribution is -2.40. The third-order valence-corrected chi connectivity index (χ3v) is 4.53. The second-order valence-corrected chi connectivity index (χ2v) is 6.30. The third-order valence-electron chi connectivity index (χ3n) is 4.53. The Labute approximate surface area is 140 Å². The Morgan fingerprint density at radius 3 is 2.09 bits per heavy atom. The number of unbranched alkanes of at least 4 members (excludes halogenated alkanes) is 7. The zero-order chi connectivity index (χ0) is 17.1. The number of allylic oxidation sites excluding steroid dienone is 1. The van der Waals surface area contributed by atoms with Gasteiger partial charge >= 0.3 is 0 Å². The van der Waals surface area contributed by atoms with Gasteiger partial charge in [-0.3, -0.25) is 0 Å². The van der Waals surface area contributed by atoms with Crippen molar-refractivity contribution in [2.75, 3.05) is 14.2 Å². The summed E-state index contributed by atoms with van der Waals surface area (Å²) >= 11 is 0. The molecule has 0 spiro atoms. The maximum Gasteiger partial charge on any atom is 0.185 e. The highest BCUT2D eigenvalue weighted by Crippen LogP contribution is 2.28. The van der Waals surface area contributed by atoms with Crippen LogP contribution in [0.1, 0.15) is 57.8 Å². The van der Waals surface area contributed by atoms with Gasteiger partial charge < -0.3 is 24.4 Å². The van der Waals surface area contributed by atoms with Gasteiger partial charge in [-0.25, -0.2) is 0 Å². The van der Waals surface area contributed by atoms with Crippen LogP contribution in [-0.2, 0) is 14.2 Å². The van der Waals surface area contributed by atoms with Crippen LogP contribution in [0.5, 0.6) is 0 Å². The minimum atomic E-state index is -0.963. The van der Waals surface area contributed by atoms with E-state index in [0.29, 0.717) is 0 Å². The largest absolute Gasteiger partial charge is 0.388 e. The van der Waals surface area contributed by atoms with E-state index < -0.39 is 24.6 Å². The maximum atomic E-state index is 10.1. The molecule has 1 rings (SSSR count). The van der Waals surface area contributed by atoms with Crippen molar-refractivity contribution in [1.82, 2.24) is 0 Å². The fourth-order valence-electron chi connectivity index (χ4n) is 3.12. The summed E-state index contributed by atoms with van der Waals surface area (Å²) in [7, 11) is 3.00. The van der Waals surface area contributed by atoms with Crippen molar-refractivity contribution in [3.63, 3.8) is 0 Å². The predicted molar refractivity (Wildman–Crippen MR) is 90.2 cm³/mol. The molecule has 1 saturated heterocycles. The number of aliphatic hydroxyl groups excluding tert-OH is 2. The first-order valence-electron chi connectivity index (χ1n) is 8.83. The number of hydrogen-bond donors (Lipinski definition) is 2. The van der Waals surface area contributed by atoms with E-state index in [-0.39, 0.29) is 6.10 Å². The standard InChI is InChI=1S/C18H34O5/c1-4-5-6-7-8-9-10-11-12-13-14-15(19)16(20)17(23-14)18(21-2)22-3/h4,14-20H,1,5-13H2,2-3H3/t14?,15-,16?,17?/m1/s1. The predicted octanol–water partition coefficient (Wildman–Crippen LogP) is 2.79. The van der Waals surface area contributed by atoms with Crippen LogP contribution in [0.15, 0.2) is 12.7 Å². The molecule has 23 heavy (non-hydrogen) atoms. The normalized spacial score (nSPS) is 27.7. The average Bonchev–Trinajstić information content (AvgIpc) is 2.83. The van der Waals surface area contributed by atoms with E-state index in [1.165, 1.54) is 46.3 Å². The molecule has 2 N–H and O–H groups in total. The lowest BCUT2D eigenvalue weighted by molar-refractivity contribution is -0.192. The van der Waals surface area contributed by atoms with E-state index in [1.807, 2.05) is 6.08 Å². The van der Waals surface area contributed by atoms with E-state index in [9.17, 15) is 10.2 Å². The first-order chi connectivity index (χ1) is 11.2. The molecule has 0 saturated carbocycles. The summed E-state index contributed by atoms with van der Waals surface area (Å²) in [6.45, 7) is 3.73. The van der Waals surface area contributed by atoms with Crippen LogP contribution in [0.3, 0.4) is 0 Å². The Bertz CT molecular complexity index is 306. The van der Waals surface area contributed by atoms with Crippen LogP contribution in [0, 0.1) is 0 Å². The molecule has 0 aliphatic carbocycles. The van der Waals surface area contributed by atoms with Crippen LogP contribution in [-0.4, -0.2) is 55.1 Å². The first kappa shape index (κ1) is 20.6. The van der Waals surface area contributed by atoms with Crippen LogP contribution in [0.25, 0.3) is 0 Å². The van der Waals surface area contributed by atoms with Crippen LogP contribution in [0.2, 0.25) is 0 Å². The number of rotatable bonds is 13. The maximum absolute atomic E-state index is 10.1. The fraction of sp³-hybridized carbons (Fsp3) is 0.889. The number of methoxy groups -OCH3 is 2. The second kappa shape index (κ2) is 12.0. The monoisotopic (exact) mass is 330 g/mol. The highest BCUT2D eigenvalue weighted by Gasteiger charge is 2.46. The number of hydrogen-bond acceptors (Lipinski definition) is 5. The van der Waals surface area contributed by atoms with Crippen molar-refractivity contribution in [1.29, 1.82) is 0 Å². The summed E-state index contributed by atoms with van der Waals surface area (Å²) < 4.78 is 16.0. The summed E-state index contributed by atoms with van der Waals surface area (Å²) in [6.07, 6.45) is 8.79. The molecule has 1 aliphatic rings. The van der Waals surface area contributed by atoms with Gasteiger partial charge in [0.2, 0.25) is 0 Å². The molecule has 0 aromatic carbocycles. The summed E-state index contributed by atoms with van der Waals surface area (Å²) in [5, 5.41) is 20.2.